The van der Waals surface area contributed by atoms with Crippen molar-refractivity contribution in [3.8, 4) is 0 Å². The summed E-state index contributed by atoms with van der Waals surface area (Å²) in [4.78, 5) is 33.9. The lowest BCUT2D eigenvalue weighted by molar-refractivity contribution is -0.155. The first kappa shape index (κ1) is 40.9. The average Bonchev–Trinajstić information content (AvgIpc) is 3.66. The Morgan fingerprint density at radius 2 is 1.50 bits per heavy atom. The minimum absolute atomic E-state index is 0.0235. The molecule has 9 heteroatoms. The van der Waals surface area contributed by atoms with Crippen molar-refractivity contribution in [1.29, 1.82) is 0 Å². The van der Waals surface area contributed by atoms with E-state index in [1.54, 1.807) is 0 Å². The van der Waals surface area contributed by atoms with Gasteiger partial charge in [0.25, 0.3) is 0 Å². The lowest BCUT2D eigenvalue weighted by Crippen LogP contribution is -2.54. The molecule has 2 fully saturated rings. The van der Waals surface area contributed by atoms with Crippen LogP contribution in [-0.4, -0.2) is 50.1 Å². The molecule has 2 heterocycles. The summed E-state index contributed by atoms with van der Waals surface area (Å²) in [5.74, 6) is 1.78. The Bertz CT molecular complexity index is 1530. The maximum Gasteiger partial charge on any atom is 0.309 e. The van der Waals surface area contributed by atoms with Crippen molar-refractivity contribution in [2.24, 2.45) is 36.1 Å². The Balaban J connectivity index is 1.74. The first-order valence-corrected chi connectivity index (χ1v) is 25.1. The van der Waals surface area contributed by atoms with E-state index in [1.807, 2.05) is 27.8 Å². The molecule has 282 valence electrons. The number of imidazole rings is 1. The standard InChI is InChI=1S/C41H70N2O5Si2/c1-26-18-17-19-29-22-31(29)24-34(30-20-21-33-32(23-30)42-28(3)43(33)12)46-36(44)25-35(47-49(13,14)39(4,5)6)41(10,11)38(45)27(2)37(26)48-50(15,16)40(7,8)9/h20-21,23,26-27,29,31,34-35,37H,17-19,22,24-25H2,1-16H3/t26-,27+,29-,31-,34-,35-,37-/m0/s1. The van der Waals surface area contributed by atoms with Crippen molar-refractivity contribution in [2.75, 3.05) is 0 Å². The minimum atomic E-state index is -2.39. The van der Waals surface area contributed by atoms with Gasteiger partial charge in [0.15, 0.2) is 16.6 Å². The normalized spacial score (nSPS) is 29.5. The number of benzene rings is 1. The summed E-state index contributed by atoms with van der Waals surface area (Å²) in [5, 5.41) is -0.0746. The molecule has 1 saturated carbocycles. The summed E-state index contributed by atoms with van der Waals surface area (Å²) < 4.78 is 22.8. The second kappa shape index (κ2) is 14.5. The molecule has 1 aromatic carbocycles. The monoisotopic (exact) mass is 726 g/mol. The fraction of sp³-hybridized carbons (Fsp3) is 0.780. The second-order valence-corrected chi connectivity index (χ2v) is 29.1. The Morgan fingerprint density at radius 1 is 0.900 bits per heavy atom. The highest BCUT2D eigenvalue weighted by Crippen LogP contribution is 2.50. The highest BCUT2D eigenvalue weighted by atomic mass is 28.4. The summed E-state index contributed by atoms with van der Waals surface area (Å²) in [5.41, 5.74) is 2.03. The Labute approximate surface area is 306 Å². The van der Waals surface area contributed by atoms with Gasteiger partial charge in [-0.1, -0.05) is 88.1 Å². The van der Waals surface area contributed by atoms with E-state index in [9.17, 15) is 9.59 Å². The fourth-order valence-electron chi connectivity index (χ4n) is 7.34. The molecule has 2 aliphatic rings. The molecule has 0 unspecified atom stereocenters. The molecule has 7 nitrogen and oxygen atoms in total. The van der Waals surface area contributed by atoms with Gasteiger partial charge in [-0.05, 0) is 97.9 Å². The number of ether oxygens (including phenoxy) is 1. The number of hydrogen-bond donors (Lipinski definition) is 0. The zero-order valence-corrected chi connectivity index (χ0v) is 36.5. The van der Waals surface area contributed by atoms with Crippen LogP contribution in [0.5, 0.6) is 0 Å². The van der Waals surface area contributed by atoms with Gasteiger partial charge in [0.2, 0.25) is 0 Å². The Kier molecular flexibility index (Phi) is 11.9. The summed E-state index contributed by atoms with van der Waals surface area (Å²) in [6, 6.07) is 6.29. The number of aromatic nitrogens is 2. The van der Waals surface area contributed by atoms with Crippen LogP contribution in [0.4, 0.5) is 0 Å². The summed E-state index contributed by atoms with van der Waals surface area (Å²) >= 11 is 0. The number of fused-ring (bicyclic) bond motifs is 2. The van der Waals surface area contributed by atoms with Gasteiger partial charge in [-0.2, -0.15) is 0 Å². The third-order valence-electron chi connectivity index (χ3n) is 13.3. The fourth-order valence-corrected chi connectivity index (χ4v) is 10.3. The SMILES string of the molecule is Cc1nc2cc([C@@H]3C[C@@H]4C[C@@H]4CCC[C@H](C)[C@H](O[Si](C)(C)C(C)(C)C)[C@@H](C)C(=O)C(C)(C)[C@@H](O[Si](C)(C)C(C)(C)C)CC(=O)O3)ccc2n1C. The number of cyclic esters (lactones) is 1. The van der Waals surface area contributed by atoms with E-state index in [4.69, 9.17) is 18.6 Å². The molecule has 4 rings (SSSR count). The smallest absolute Gasteiger partial charge is 0.309 e. The number of carbonyl (C=O) groups is 2. The second-order valence-electron chi connectivity index (χ2n) is 19.6. The van der Waals surface area contributed by atoms with Crippen LogP contribution in [0.25, 0.3) is 11.0 Å². The lowest BCUT2D eigenvalue weighted by Gasteiger charge is -2.46. The zero-order valence-electron chi connectivity index (χ0n) is 34.5. The van der Waals surface area contributed by atoms with Gasteiger partial charge >= 0.3 is 5.97 Å². The van der Waals surface area contributed by atoms with Crippen molar-refractivity contribution in [3.63, 3.8) is 0 Å². The van der Waals surface area contributed by atoms with E-state index in [0.29, 0.717) is 11.8 Å². The highest BCUT2D eigenvalue weighted by molar-refractivity contribution is 6.74. The number of carbonyl (C=O) groups excluding carboxylic acids is 2. The molecule has 0 spiro atoms. The van der Waals surface area contributed by atoms with Crippen molar-refractivity contribution >= 4 is 39.4 Å². The number of aryl methyl sites for hydroxylation is 2. The first-order valence-electron chi connectivity index (χ1n) is 19.3. The predicted molar refractivity (Wildman–Crippen MR) is 210 cm³/mol. The van der Waals surface area contributed by atoms with Crippen LogP contribution in [0.1, 0.15) is 125 Å². The Morgan fingerprint density at radius 3 is 2.10 bits per heavy atom. The maximum atomic E-state index is 14.9. The van der Waals surface area contributed by atoms with Gasteiger partial charge in [-0.25, -0.2) is 4.98 Å². The van der Waals surface area contributed by atoms with E-state index < -0.39 is 28.2 Å². The topological polar surface area (TPSA) is 79.7 Å². The molecular formula is C41H70N2O5Si2. The van der Waals surface area contributed by atoms with E-state index >= 15 is 0 Å². The number of hydrogen-bond acceptors (Lipinski definition) is 6. The molecule has 1 saturated heterocycles. The lowest BCUT2D eigenvalue weighted by atomic mass is 9.73. The Hall–Kier alpha value is -1.82. The van der Waals surface area contributed by atoms with E-state index in [1.165, 1.54) is 0 Å². The van der Waals surface area contributed by atoms with Gasteiger partial charge in [-0.15, -0.1) is 0 Å². The maximum absolute atomic E-state index is 14.9. The van der Waals surface area contributed by atoms with Gasteiger partial charge in [0.05, 0.1) is 29.7 Å². The number of Topliss-reactive ketones (excluding diaryl/α,β-unsaturated/α-hetero) is 1. The third-order valence-corrected chi connectivity index (χ3v) is 22.3. The van der Waals surface area contributed by atoms with Crippen molar-refractivity contribution in [1.82, 2.24) is 9.55 Å². The molecule has 0 radical (unpaired) electrons. The third kappa shape index (κ3) is 8.86. The molecule has 2 aromatic rings. The molecule has 1 aliphatic carbocycles. The van der Waals surface area contributed by atoms with Gasteiger partial charge in [0.1, 0.15) is 17.7 Å². The molecule has 1 aliphatic heterocycles. The van der Waals surface area contributed by atoms with E-state index in [0.717, 1.165) is 54.5 Å². The summed E-state index contributed by atoms with van der Waals surface area (Å²) in [6.45, 7) is 32.7. The van der Waals surface area contributed by atoms with E-state index in [-0.39, 0.29) is 52.3 Å². The zero-order chi connectivity index (χ0) is 37.8. The molecule has 0 bridgehead atoms. The van der Waals surface area contributed by atoms with Crippen molar-refractivity contribution in [2.45, 2.75) is 169 Å². The predicted octanol–water partition coefficient (Wildman–Crippen LogP) is 10.7. The molecule has 0 N–H and O–H groups in total. The number of esters is 1. The van der Waals surface area contributed by atoms with Crippen LogP contribution in [-0.2, 0) is 30.2 Å². The van der Waals surface area contributed by atoms with Gasteiger partial charge in [0, 0.05) is 18.4 Å². The molecule has 7 atom stereocenters. The van der Waals surface area contributed by atoms with Crippen LogP contribution >= 0.6 is 0 Å². The highest BCUT2D eigenvalue weighted by Gasteiger charge is 2.50. The average molecular weight is 727 g/mol. The van der Waals surface area contributed by atoms with Crippen LogP contribution < -0.4 is 0 Å². The summed E-state index contributed by atoms with van der Waals surface area (Å²) in [7, 11) is -2.55. The van der Waals surface area contributed by atoms with Gasteiger partial charge < -0.3 is 18.2 Å². The quantitative estimate of drug-likeness (QED) is 0.225. The minimum Gasteiger partial charge on any atom is -0.457 e. The van der Waals surface area contributed by atoms with Crippen LogP contribution in [0.2, 0.25) is 36.3 Å². The molecule has 50 heavy (non-hydrogen) atoms. The van der Waals surface area contributed by atoms with Gasteiger partial charge in [-0.3, -0.25) is 9.59 Å². The molecule has 0 amide bonds. The largest absolute Gasteiger partial charge is 0.457 e. The van der Waals surface area contributed by atoms with E-state index in [2.05, 4.69) is 104 Å². The number of rotatable bonds is 5. The van der Waals surface area contributed by atoms with Crippen molar-refractivity contribution in [3.05, 3.63) is 29.6 Å². The number of ketones is 1. The van der Waals surface area contributed by atoms with Crippen LogP contribution in [0.3, 0.4) is 0 Å². The first-order chi connectivity index (χ1) is 22.8. The molecular weight excluding hydrogens is 657 g/mol. The summed E-state index contributed by atoms with van der Waals surface area (Å²) in [6.07, 6.45) is 4.07. The van der Waals surface area contributed by atoms with Crippen LogP contribution in [0, 0.1) is 36.0 Å². The van der Waals surface area contributed by atoms with Crippen molar-refractivity contribution < 1.29 is 23.2 Å². The number of nitrogens with zero attached hydrogens (tertiary/aromatic N) is 2. The molecule has 1 aromatic heterocycles. The van der Waals surface area contributed by atoms with Crippen LogP contribution in [0.15, 0.2) is 18.2 Å².